The van der Waals surface area contributed by atoms with Crippen molar-refractivity contribution < 1.29 is 4.74 Å². The molecule has 2 rings (SSSR count). The van der Waals surface area contributed by atoms with Gasteiger partial charge in [-0.1, -0.05) is 11.6 Å². The molecule has 0 spiro atoms. The molecule has 0 aliphatic carbocycles. The number of rotatable bonds is 4. The summed E-state index contributed by atoms with van der Waals surface area (Å²) in [5.41, 5.74) is 0. The maximum atomic E-state index is 5.63. The first kappa shape index (κ1) is 10.6. The summed E-state index contributed by atoms with van der Waals surface area (Å²) in [5.74, 6) is 0.761. The van der Waals surface area contributed by atoms with Gasteiger partial charge in [-0.3, -0.25) is 0 Å². The maximum absolute atomic E-state index is 5.63. The fraction of sp³-hybridized carbons (Fsp3) is 0.600. The van der Waals surface area contributed by atoms with Crippen LogP contribution >= 0.6 is 11.6 Å². The molecule has 0 saturated carbocycles. The van der Waals surface area contributed by atoms with Gasteiger partial charge < -0.3 is 10.1 Å². The summed E-state index contributed by atoms with van der Waals surface area (Å²) in [5, 5.41) is 11.3. The third-order valence-corrected chi connectivity index (χ3v) is 2.63. The van der Waals surface area contributed by atoms with Crippen LogP contribution in [0.25, 0.3) is 0 Å². The van der Waals surface area contributed by atoms with Gasteiger partial charge in [-0.05, 0) is 31.4 Å². The van der Waals surface area contributed by atoms with Crippen molar-refractivity contribution in [2.75, 3.05) is 18.5 Å². The lowest BCUT2D eigenvalue weighted by Crippen LogP contribution is -2.13. The molecule has 15 heavy (non-hydrogen) atoms. The number of ether oxygens (including phenoxy) is 1. The zero-order valence-electron chi connectivity index (χ0n) is 8.45. The van der Waals surface area contributed by atoms with Gasteiger partial charge in [0.05, 0.1) is 6.10 Å². The molecular formula is C10H14ClN3O. The highest BCUT2D eigenvalue weighted by atomic mass is 35.5. The summed E-state index contributed by atoms with van der Waals surface area (Å²) in [7, 11) is 0. The lowest BCUT2D eigenvalue weighted by Gasteiger charge is -2.09. The van der Waals surface area contributed by atoms with E-state index >= 15 is 0 Å². The number of hydrogen-bond acceptors (Lipinski definition) is 4. The second-order valence-electron chi connectivity index (χ2n) is 3.59. The second kappa shape index (κ2) is 5.28. The van der Waals surface area contributed by atoms with Crippen molar-refractivity contribution in [3.05, 3.63) is 17.3 Å². The predicted molar refractivity (Wildman–Crippen MR) is 59.1 cm³/mol. The van der Waals surface area contributed by atoms with E-state index in [0.717, 1.165) is 25.4 Å². The van der Waals surface area contributed by atoms with E-state index in [0.29, 0.717) is 11.3 Å². The normalized spacial score (nSPS) is 20.5. The Morgan fingerprint density at radius 2 is 2.40 bits per heavy atom. The smallest absolute Gasteiger partial charge is 0.151 e. The van der Waals surface area contributed by atoms with Gasteiger partial charge in [0.15, 0.2) is 5.15 Å². The van der Waals surface area contributed by atoms with Crippen LogP contribution in [-0.2, 0) is 4.74 Å². The van der Waals surface area contributed by atoms with Crippen molar-refractivity contribution in [3.63, 3.8) is 0 Å². The van der Waals surface area contributed by atoms with Gasteiger partial charge in [0.2, 0.25) is 0 Å². The van der Waals surface area contributed by atoms with E-state index in [1.807, 2.05) is 6.07 Å². The van der Waals surface area contributed by atoms with Crippen LogP contribution in [0, 0.1) is 0 Å². The Kier molecular flexibility index (Phi) is 3.75. The van der Waals surface area contributed by atoms with Crippen LogP contribution in [0.2, 0.25) is 5.15 Å². The molecular weight excluding hydrogens is 214 g/mol. The van der Waals surface area contributed by atoms with E-state index in [1.165, 1.54) is 12.8 Å². The van der Waals surface area contributed by atoms with E-state index in [9.17, 15) is 0 Å². The number of halogens is 1. The lowest BCUT2D eigenvalue weighted by molar-refractivity contribution is 0.107. The number of hydrogen-bond donors (Lipinski definition) is 1. The second-order valence-corrected chi connectivity index (χ2v) is 3.98. The minimum Gasteiger partial charge on any atom is -0.378 e. The number of aromatic nitrogens is 2. The van der Waals surface area contributed by atoms with Crippen LogP contribution < -0.4 is 5.32 Å². The third kappa shape index (κ3) is 3.32. The zero-order chi connectivity index (χ0) is 10.5. The van der Waals surface area contributed by atoms with Crippen LogP contribution in [0.5, 0.6) is 0 Å². The maximum Gasteiger partial charge on any atom is 0.151 e. The molecule has 1 aliphatic rings. The molecule has 1 saturated heterocycles. The fourth-order valence-electron chi connectivity index (χ4n) is 1.64. The highest BCUT2D eigenvalue weighted by Crippen LogP contribution is 2.15. The monoisotopic (exact) mass is 227 g/mol. The summed E-state index contributed by atoms with van der Waals surface area (Å²) in [4.78, 5) is 0. The third-order valence-electron chi connectivity index (χ3n) is 2.43. The highest BCUT2D eigenvalue weighted by molar-refractivity contribution is 6.29. The van der Waals surface area contributed by atoms with Crippen molar-refractivity contribution >= 4 is 17.4 Å². The van der Waals surface area contributed by atoms with Gasteiger partial charge in [-0.25, -0.2) is 0 Å². The quantitative estimate of drug-likeness (QED) is 0.856. The average molecular weight is 228 g/mol. The molecule has 1 aliphatic heterocycles. The highest BCUT2D eigenvalue weighted by Gasteiger charge is 2.14. The molecule has 1 fully saturated rings. The molecule has 0 amide bonds. The standard InChI is InChI=1S/C10H14ClN3O/c11-9-3-4-10(14-13-9)12-6-5-8-2-1-7-15-8/h3-4,8H,1-2,5-7H2,(H,12,14). The van der Waals surface area contributed by atoms with Gasteiger partial charge in [0.1, 0.15) is 5.82 Å². The molecule has 1 atom stereocenters. The van der Waals surface area contributed by atoms with Crippen LogP contribution in [0.15, 0.2) is 12.1 Å². The van der Waals surface area contributed by atoms with E-state index in [-0.39, 0.29) is 0 Å². The van der Waals surface area contributed by atoms with Gasteiger partial charge >= 0.3 is 0 Å². The van der Waals surface area contributed by atoms with Crippen molar-refractivity contribution in [3.8, 4) is 0 Å². The first-order valence-electron chi connectivity index (χ1n) is 5.19. The Bertz CT molecular complexity index is 298. The first-order chi connectivity index (χ1) is 7.34. The molecule has 5 heteroatoms. The molecule has 1 unspecified atom stereocenters. The van der Waals surface area contributed by atoms with E-state index in [2.05, 4.69) is 15.5 Å². The summed E-state index contributed by atoms with van der Waals surface area (Å²) >= 11 is 5.63. The SMILES string of the molecule is Clc1ccc(NCCC2CCCO2)nn1. The van der Waals surface area contributed by atoms with E-state index < -0.39 is 0 Å². The number of nitrogens with one attached hydrogen (secondary N) is 1. The molecule has 1 N–H and O–H groups in total. The van der Waals surface area contributed by atoms with Crippen LogP contribution in [0.3, 0.4) is 0 Å². The lowest BCUT2D eigenvalue weighted by atomic mass is 10.2. The molecule has 1 aromatic heterocycles. The Morgan fingerprint density at radius 1 is 1.47 bits per heavy atom. The Labute approximate surface area is 94.0 Å². The van der Waals surface area contributed by atoms with Crippen LogP contribution in [0.4, 0.5) is 5.82 Å². The molecule has 4 nitrogen and oxygen atoms in total. The first-order valence-corrected chi connectivity index (χ1v) is 5.57. The summed E-state index contributed by atoms with van der Waals surface area (Å²) in [6, 6.07) is 3.55. The minimum atomic E-state index is 0.415. The van der Waals surface area contributed by atoms with Crippen LogP contribution in [-0.4, -0.2) is 29.5 Å². The minimum absolute atomic E-state index is 0.415. The molecule has 0 bridgehead atoms. The van der Waals surface area contributed by atoms with Gasteiger partial charge in [0.25, 0.3) is 0 Å². The molecule has 2 heterocycles. The van der Waals surface area contributed by atoms with Crippen molar-refractivity contribution in [1.29, 1.82) is 0 Å². The Balaban J connectivity index is 1.71. The van der Waals surface area contributed by atoms with Crippen LogP contribution in [0.1, 0.15) is 19.3 Å². The van der Waals surface area contributed by atoms with Crippen molar-refractivity contribution in [1.82, 2.24) is 10.2 Å². The Morgan fingerprint density at radius 3 is 3.07 bits per heavy atom. The van der Waals surface area contributed by atoms with E-state index in [4.69, 9.17) is 16.3 Å². The van der Waals surface area contributed by atoms with Gasteiger partial charge in [-0.15, -0.1) is 10.2 Å². The summed E-state index contributed by atoms with van der Waals surface area (Å²) in [6.45, 7) is 1.77. The fourth-order valence-corrected chi connectivity index (χ4v) is 1.74. The number of anilines is 1. The molecule has 82 valence electrons. The molecule has 0 radical (unpaired) electrons. The van der Waals surface area contributed by atoms with Crippen molar-refractivity contribution in [2.24, 2.45) is 0 Å². The summed E-state index contributed by atoms with van der Waals surface area (Å²) < 4.78 is 5.51. The largest absolute Gasteiger partial charge is 0.378 e. The zero-order valence-corrected chi connectivity index (χ0v) is 9.20. The molecule has 1 aromatic rings. The van der Waals surface area contributed by atoms with Gasteiger partial charge in [0, 0.05) is 13.2 Å². The Hall–Kier alpha value is -0.870. The van der Waals surface area contributed by atoms with Crippen molar-refractivity contribution in [2.45, 2.75) is 25.4 Å². The topological polar surface area (TPSA) is 47.0 Å². The predicted octanol–water partition coefficient (Wildman–Crippen LogP) is 2.11. The van der Waals surface area contributed by atoms with E-state index in [1.54, 1.807) is 6.07 Å². The summed E-state index contributed by atoms with van der Waals surface area (Å²) in [6.07, 6.45) is 3.79. The molecule has 0 aromatic carbocycles. The average Bonchev–Trinajstić information content (AvgIpc) is 2.74. The van der Waals surface area contributed by atoms with Gasteiger partial charge in [-0.2, -0.15) is 0 Å². The number of nitrogens with zero attached hydrogens (tertiary/aromatic N) is 2.